The zero-order valence-electron chi connectivity index (χ0n) is 9.33. The molecule has 2 rings (SSSR count). The van der Waals surface area contributed by atoms with E-state index in [-0.39, 0.29) is 11.9 Å². The summed E-state index contributed by atoms with van der Waals surface area (Å²) < 4.78 is 0. The maximum absolute atomic E-state index is 12.3. The molecule has 1 aliphatic rings. The van der Waals surface area contributed by atoms with E-state index in [1.807, 2.05) is 4.90 Å². The molecule has 3 nitrogen and oxygen atoms in total. The molecule has 1 saturated heterocycles. The highest BCUT2D eigenvalue weighted by molar-refractivity contribution is 6.35. The molecule has 1 amide bonds. The van der Waals surface area contributed by atoms with Crippen molar-refractivity contribution in [3.63, 3.8) is 0 Å². The fourth-order valence-corrected chi connectivity index (χ4v) is 2.72. The van der Waals surface area contributed by atoms with Crippen LogP contribution < -0.4 is 5.73 Å². The van der Waals surface area contributed by atoms with E-state index in [2.05, 4.69) is 0 Å². The van der Waals surface area contributed by atoms with Gasteiger partial charge < -0.3 is 10.6 Å². The average molecular weight is 273 g/mol. The third kappa shape index (κ3) is 2.73. The van der Waals surface area contributed by atoms with Crippen LogP contribution in [0.1, 0.15) is 23.2 Å². The molecule has 0 unspecified atom stereocenters. The zero-order valence-corrected chi connectivity index (χ0v) is 10.8. The standard InChI is InChI=1S/C12H14Cl2N2O/c13-9-4-8(5-10(14)6-9)12(17)16-3-1-2-11(16)7-15/h4-6,11H,1-3,7,15H2/t11-/m0/s1. The molecule has 0 saturated carbocycles. The maximum atomic E-state index is 12.3. The SMILES string of the molecule is NC[C@@H]1CCCN1C(=O)c1cc(Cl)cc(Cl)c1. The number of benzene rings is 1. The van der Waals surface area contributed by atoms with Crippen LogP contribution >= 0.6 is 23.2 Å². The summed E-state index contributed by atoms with van der Waals surface area (Å²) in [6.07, 6.45) is 1.97. The van der Waals surface area contributed by atoms with Gasteiger partial charge in [0.25, 0.3) is 5.91 Å². The molecule has 0 bridgehead atoms. The van der Waals surface area contributed by atoms with Crippen LogP contribution in [-0.4, -0.2) is 29.9 Å². The average Bonchev–Trinajstić information content (AvgIpc) is 2.74. The number of hydrogen-bond donors (Lipinski definition) is 1. The van der Waals surface area contributed by atoms with Crippen molar-refractivity contribution in [2.45, 2.75) is 18.9 Å². The zero-order chi connectivity index (χ0) is 12.4. The summed E-state index contributed by atoms with van der Waals surface area (Å²) in [6.45, 7) is 1.25. The van der Waals surface area contributed by atoms with Gasteiger partial charge in [0.15, 0.2) is 0 Å². The Balaban J connectivity index is 2.24. The van der Waals surface area contributed by atoms with Gasteiger partial charge in [0.05, 0.1) is 0 Å². The van der Waals surface area contributed by atoms with Gasteiger partial charge in [0.2, 0.25) is 0 Å². The summed E-state index contributed by atoms with van der Waals surface area (Å²) in [5.74, 6) is -0.0395. The number of rotatable bonds is 2. The molecule has 1 heterocycles. The smallest absolute Gasteiger partial charge is 0.254 e. The summed E-state index contributed by atoms with van der Waals surface area (Å²) in [4.78, 5) is 14.1. The van der Waals surface area contributed by atoms with Crippen LogP contribution in [0.2, 0.25) is 10.0 Å². The Kier molecular flexibility index (Phi) is 3.92. The van der Waals surface area contributed by atoms with E-state index in [0.717, 1.165) is 19.4 Å². The van der Waals surface area contributed by atoms with E-state index >= 15 is 0 Å². The van der Waals surface area contributed by atoms with Crippen LogP contribution in [0.3, 0.4) is 0 Å². The molecule has 0 radical (unpaired) electrons. The molecule has 0 spiro atoms. The molecule has 1 aliphatic heterocycles. The summed E-state index contributed by atoms with van der Waals surface area (Å²) in [5.41, 5.74) is 6.18. The maximum Gasteiger partial charge on any atom is 0.254 e. The van der Waals surface area contributed by atoms with Crippen LogP contribution in [0.25, 0.3) is 0 Å². The first-order chi connectivity index (χ1) is 8.11. The van der Waals surface area contributed by atoms with Crippen LogP contribution in [0.4, 0.5) is 0 Å². The van der Waals surface area contributed by atoms with Crippen molar-refractivity contribution in [3.05, 3.63) is 33.8 Å². The molecule has 2 N–H and O–H groups in total. The van der Waals surface area contributed by atoms with E-state index in [1.54, 1.807) is 18.2 Å². The Hall–Kier alpha value is -0.770. The number of nitrogens with zero attached hydrogens (tertiary/aromatic N) is 1. The highest BCUT2D eigenvalue weighted by Gasteiger charge is 2.28. The van der Waals surface area contributed by atoms with Gasteiger partial charge >= 0.3 is 0 Å². The Morgan fingerprint density at radius 1 is 1.35 bits per heavy atom. The number of carbonyl (C=O) groups excluding carboxylic acids is 1. The first-order valence-electron chi connectivity index (χ1n) is 5.59. The van der Waals surface area contributed by atoms with Crippen LogP contribution in [0, 0.1) is 0 Å². The summed E-state index contributed by atoms with van der Waals surface area (Å²) in [6, 6.07) is 5.04. The lowest BCUT2D eigenvalue weighted by Crippen LogP contribution is -2.39. The van der Waals surface area contributed by atoms with Gasteiger partial charge in [0.1, 0.15) is 0 Å². The second-order valence-corrected chi connectivity index (χ2v) is 5.06. The van der Waals surface area contributed by atoms with Crippen molar-refractivity contribution in [2.24, 2.45) is 5.73 Å². The van der Waals surface area contributed by atoms with E-state index in [4.69, 9.17) is 28.9 Å². The fourth-order valence-electron chi connectivity index (χ4n) is 2.19. The topological polar surface area (TPSA) is 46.3 Å². The largest absolute Gasteiger partial charge is 0.334 e. The Morgan fingerprint density at radius 2 is 2.00 bits per heavy atom. The van der Waals surface area contributed by atoms with Crippen LogP contribution in [0.15, 0.2) is 18.2 Å². The van der Waals surface area contributed by atoms with Crippen LogP contribution in [0.5, 0.6) is 0 Å². The van der Waals surface area contributed by atoms with Gasteiger partial charge in [0, 0.05) is 34.7 Å². The molecule has 1 atom stereocenters. The van der Waals surface area contributed by atoms with E-state index in [9.17, 15) is 4.79 Å². The second-order valence-electron chi connectivity index (χ2n) is 4.19. The number of hydrogen-bond acceptors (Lipinski definition) is 2. The van der Waals surface area contributed by atoms with E-state index < -0.39 is 0 Å². The molecule has 0 aromatic heterocycles. The first-order valence-corrected chi connectivity index (χ1v) is 6.34. The number of nitrogens with two attached hydrogens (primary N) is 1. The highest BCUT2D eigenvalue weighted by Crippen LogP contribution is 2.23. The minimum atomic E-state index is -0.0395. The summed E-state index contributed by atoms with van der Waals surface area (Å²) in [7, 11) is 0. The van der Waals surface area contributed by atoms with Crippen molar-refractivity contribution in [1.29, 1.82) is 0 Å². The predicted molar refractivity (Wildman–Crippen MR) is 69.6 cm³/mol. The number of likely N-dealkylation sites (tertiary alicyclic amines) is 1. The van der Waals surface area contributed by atoms with Crippen molar-refractivity contribution < 1.29 is 4.79 Å². The molecule has 92 valence electrons. The number of amides is 1. The molecule has 17 heavy (non-hydrogen) atoms. The minimum Gasteiger partial charge on any atom is -0.334 e. The Bertz CT molecular complexity index is 416. The molecule has 5 heteroatoms. The molecule has 1 fully saturated rings. The van der Waals surface area contributed by atoms with E-state index in [1.165, 1.54) is 0 Å². The minimum absolute atomic E-state index is 0.0395. The normalized spacial score (nSPS) is 19.7. The lowest BCUT2D eigenvalue weighted by Gasteiger charge is -2.23. The predicted octanol–water partition coefficient (Wildman–Crippen LogP) is 2.56. The van der Waals surface area contributed by atoms with Gasteiger partial charge in [-0.3, -0.25) is 4.79 Å². The third-order valence-corrected chi connectivity index (χ3v) is 3.46. The third-order valence-electron chi connectivity index (χ3n) is 3.02. The molecule has 1 aromatic carbocycles. The van der Waals surface area contributed by atoms with E-state index in [0.29, 0.717) is 22.2 Å². The van der Waals surface area contributed by atoms with Crippen molar-refractivity contribution >= 4 is 29.1 Å². The first kappa shape index (κ1) is 12.7. The van der Waals surface area contributed by atoms with Crippen LogP contribution in [-0.2, 0) is 0 Å². The molecule has 0 aliphatic carbocycles. The second kappa shape index (κ2) is 5.25. The summed E-state index contributed by atoms with van der Waals surface area (Å²) >= 11 is 11.8. The van der Waals surface area contributed by atoms with Gasteiger partial charge in [-0.2, -0.15) is 0 Å². The summed E-state index contributed by atoms with van der Waals surface area (Å²) in [5, 5.41) is 0.952. The lowest BCUT2D eigenvalue weighted by atomic mass is 10.1. The van der Waals surface area contributed by atoms with Gasteiger partial charge in [-0.15, -0.1) is 0 Å². The Morgan fingerprint density at radius 3 is 2.59 bits per heavy atom. The Labute approximate surface area is 110 Å². The number of carbonyl (C=O) groups is 1. The highest BCUT2D eigenvalue weighted by atomic mass is 35.5. The van der Waals surface area contributed by atoms with Crippen molar-refractivity contribution in [3.8, 4) is 0 Å². The van der Waals surface area contributed by atoms with Gasteiger partial charge in [-0.25, -0.2) is 0 Å². The lowest BCUT2D eigenvalue weighted by molar-refractivity contribution is 0.0741. The number of halogens is 2. The van der Waals surface area contributed by atoms with Gasteiger partial charge in [-0.05, 0) is 31.0 Å². The van der Waals surface area contributed by atoms with Gasteiger partial charge in [-0.1, -0.05) is 23.2 Å². The molecule has 1 aromatic rings. The quantitative estimate of drug-likeness (QED) is 0.900. The van der Waals surface area contributed by atoms with Crippen molar-refractivity contribution in [1.82, 2.24) is 4.90 Å². The van der Waals surface area contributed by atoms with Crippen molar-refractivity contribution in [2.75, 3.05) is 13.1 Å². The fraction of sp³-hybridized carbons (Fsp3) is 0.417. The monoisotopic (exact) mass is 272 g/mol. The molecular weight excluding hydrogens is 259 g/mol. The molecular formula is C12H14Cl2N2O.